The maximum absolute atomic E-state index is 11.2. The van der Waals surface area contributed by atoms with Crippen molar-refractivity contribution in [1.29, 1.82) is 0 Å². The summed E-state index contributed by atoms with van der Waals surface area (Å²) in [7, 11) is -9.63. The Bertz CT molecular complexity index is 1010. The second-order valence-corrected chi connectivity index (χ2v) is 6.97. The van der Waals surface area contributed by atoms with E-state index < -0.39 is 46.4 Å². The second kappa shape index (κ2) is 4.88. The Morgan fingerprint density at radius 1 is 1.00 bits per heavy atom. The van der Waals surface area contributed by atoms with Crippen LogP contribution in [0.15, 0.2) is 34.1 Å². The summed E-state index contributed by atoms with van der Waals surface area (Å²) in [5.41, 5.74) is -1.02. The first kappa shape index (κ1) is 16.1. The summed E-state index contributed by atoms with van der Waals surface area (Å²) in [6, 6.07) is 3.19. The molecule has 0 unspecified atom stereocenters. The number of nitro groups is 1. The molecule has 10 nitrogen and oxygen atoms in total. The molecule has 0 aliphatic carbocycles. The number of fused-ring (bicyclic) bond motifs is 1. The molecular weight excluding hydrogens is 342 g/mol. The van der Waals surface area contributed by atoms with Crippen LogP contribution in [-0.2, 0) is 20.2 Å². The van der Waals surface area contributed by atoms with E-state index in [1.54, 1.807) is 0 Å². The maximum Gasteiger partial charge on any atom is 0.319 e. The first-order valence-electron chi connectivity index (χ1n) is 5.32. The van der Waals surface area contributed by atoms with Crippen molar-refractivity contribution < 1.29 is 36.0 Å². The lowest BCUT2D eigenvalue weighted by Gasteiger charge is -2.07. The van der Waals surface area contributed by atoms with Gasteiger partial charge in [0.05, 0.1) is 15.2 Å². The predicted octanol–water partition coefficient (Wildman–Crippen LogP) is 0.947. The molecule has 2 aromatic rings. The van der Waals surface area contributed by atoms with E-state index >= 15 is 0 Å². The van der Waals surface area contributed by atoms with E-state index in [4.69, 9.17) is 9.11 Å². The Morgan fingerprint density at radius 2 is 1.59 bits per heavy atom. The van der Waals surface area contributed by atoms with Crippen molar-refractivity contribution in [2.45, 2.75) is 9.79 Å². The number of hydrogen-bond acceptors (Lipinski definition) is 7. The fraction of sp³-hybridized carbons (Fsp3) is 0. The van der Waals surface area contributed by atoms with E-state index in [1.807, 2.05) is 0 Å². The van der Waals surface area contributed by atoms with Crippen LogP contribution in [0.5, 0.6) is 5.75 Å². The van der Waals surface area contributed by atoms with Gasteiger partial charge in [-0.1, -0.05) is 0 Å². The van der Waals surface area contributed by atoms with Gasteiger partial charge in [-0.3, -0.25) is 19.2 Å². The third kappa shape index (κ3) is 2.71. The molecule has 0 atom stereocenters. The number of nitrogens with zero attached hydrogens (tertiary/aromatic N) is 1. The molecule has 0 saturated carbocycles. The van der Waals surface area contributed by atoms with Crippen LogP contribution in [0.2, 0.25) is 0 Å². The molecule has 2 rings (SSSR count). The standard InChI is InChI=1S/C10H7NO9S2/c12-10-8(22(18,19)20)4-5-3-6(21(15,16)17)1-2-7(5)9(10)11(13)14/h1-4,12H,(H,15,16,17)(H,18,19,20). The summed E-state index contributed by atoms with van der Waals surface area (Å²) < 4.78 is 62.3. The molecule has 0 fully saturated rings. The highest BCUT2D eigenvalue weighted by Crippen LogP contribution is 2.40. The first-order chi connectivity index (χ1) is 9.93. The van der Waals surface area contributed by atoms with Crippen LogP contribution in [0.25, 0.3) is 10.8 Å². The Labute approximate surface area is 123 Å². The van der Waals surface area contributed by atoms with Crippen molar-refractivity contribution in [2.75, 3.05) is 0 Å². The topological polar surface area (TPSA) is 172 Å². The number of hydrogen-bond donors (Lipinski definition) is 3. The maximum atomic E-state index is 11.2. The monoisotopic (exact) mass is 349 g/mol. The van der Waals surface area contributed by atoms with Crippen molar-refractivity contribution in [3.63, 3.8) is 0 Å². The van der Waals surface area contributed by atoms with Gasteiger partial charge < -0.3 is 5.11 Å². The minimum Gasteiger partial charge on any atom is -0.501 e. The molecule has 0 heterocycles. The van der Waals surface area contributed by atoms with Gasteiger partial charge in [0.25, 0.3) is 20.2 Å². The SMILES string of the molecule is O=[N+]([O-])c1c(O)c(S(=O)(=O)O)cc2cc(S(=O)(=O)O)ccc12. The number of aromatic hydroxyl groups is 1. The minimum atomic E-state index is -5.00. The summed E-state index contributed by atoms with van der Waals surface area (Å²) in [5.74, 6) is -1.28. The average Bonchev–Trinajstić information content (AvgIpc) is 2.34. The van der Waals surface area contributed by atoms with Gasteiger partial charge in [0.1, 0.15) is 4.90 Å². The van der Waals surface area contributed by atoms with Gasteiger partial charge in [0.15, 0.2) is 0 Å². The zero-order valence-corrected chi connectivity index (χ0v) is 12.0. The van der Waals surface area contributed by atoms with Crippen molar-refractivity contribution in [1.82, 2.24) is 0 Å². The lowest BCUT2D eigenvalue weighted by atomic mass is 10.1. The zero-order chi connectivity index (χ0) is 16.9. The molecule has 118 valence electrons. The zero-order valence-electron chi connectivity index (χ0n) is 10.4. The van der Waals surface area contributed by atoms with E-state index in [0.717, 1.165) is 18.2 Å². The second-order valence-electron chi connectivity index (χ2n) is 4.16. The van der Waals surface area contributed by atoms with Crippen molar-refractivity contribution in [3.8, 4) is 5.75 Å². The Morgan fingerprint density at radius 3 is 2.05 bits per heavy atom. The molecule has 0 amide bonds. The van der Waals surface area contributed by atoms with E-state index in [-0.39, 0.29) is 10.8 Å². The number of rotatable bonds is 3. The lowest BCUT2D eigenvalue weighted by Crippen LogP contribution is -2.03. The minimum absolute atomic E-state index is 0.276. The Balaban J connectivity index is 3.03. The van der Waals surface area contributed by atoms with Crippen LogP contribution in [0.3, 0.4) is 0 Å². The third-order valence-corrected chi connectivity index (χ3v) is 4.50. The predicted molar refractivity (Wildman–Crippen MR) is 71.9 cm³/mol. The van der Waals surface area contributed by atoms with Crippen LogP contribution >= 0.6 is 0 Å². The van der Waals surface area contributed by atoms with Crippen molar-refractivity contribution in [3.05, 3.63) is 34.4 Å². The summed E-state index contributed by atoms with van der Waals surface area (Å²) in [6.45, 7) is 0. The van der Waals surface area contributed by atoms with Crippen molar-refractivity contribution >= 4 is 36.7 Å². The molecular formula is C10H7NO9S2. The molecule has 0 saturated heterocycles. The van der Waals surface area contributed by atoms with Gasteiger partial charge in [-0.2, -0.15) is 16.8 Å². The summed E-state index contributed by atoms with van der Waals surface area (Å²) >= 11 is 0. The van der Waals surface area contributed by atoms with Crippen LogP contribution in [0, 0.1) is 10.1 Å². The average molecular weight is 349 g/mol. The first-order valence-corrected chi connectivity index (χ1v) is 8.20. The quantitative estimate of drug-likeness (QED) is 0.414. The van der Waals surface area contributed by atoms with E-state index in [0.29, 0.717) is 6.07 Å². The van der Waals surface area contributed by atoms with E-state index in [9.17, 15) is 32.1 Å². The summed E-state index contributed by atoms with van der Waals surface area (Å²) in [6.07, 6.45) is 0. The number of phenolic OH excluding ortho intramolecular Hbond substituents is 1. The number of nitro benzene ring substituents is 1. The molecule has 3 N–H and O–H groups in total. The Kier molecular flexibility index (Phi) is 3.57. The molecule has 0 spiro atoms. The summed E-state index contributed by atoms with van der Waals surface area (Å²) in [4.78, 5) is 8.12. The van der Waals surface area contributed by atoms with Crippen LogP contribution in [0.4, 0.5) is 5.69 Å². The van der Waals surface area contributed by atoms with Crippen molar-refractivity contribution in [2.24, 2.45) is 0 Å². The normalized spacial score (nSPS) is 12.5. The highest BCUT2D eigenvalue weighted by molar-refractivity contribution is 7.86. The van der Waals surface area contributed by atoms with Gasteiger partial charge in [0.2, 0.25) is 5.75 Å². The molecule has 0 aliphatic heterocycles. The number of phenols is 1. The van der Waals surface area contributed by atoms with Gasteiger partial charge in [-0.15, -0.1) is 0 Å². The van der Waals surface area contributed by atoms with Gasteiger partial charge in [-0.25, -0.2) is 0 Å². The van der Waals surface area contributed by atoms with Crippen LogP contribution in [0.1, 0.15) is 0 Å². The smallest absolute Gasteiger partial charge is 0.319 e. The summed E-state index contributed by atoms with van der Waals surface area (Å²) in [5, 5.41) is 20.1. The lowest BCUT2D eigenvalue weighted by molar-refractivity contribution is -0.384. The molecule has 0 radical (unpaired) electrons. The molecule has 22 heavy (non-hydrogen) atoms. The highest BCUT2D eigenvalue weighted by atomic mass is 32.2. The van der Waals surface area contributed by atoms with Gasteiger partial charge in [-0.05, 0) is 29.7 Å². The molecule has 12 heteroatoms. The molecule has 0 aromatic heterocycles. The number of benzene rings is 2. The molecule has 0 aliphatic rings. The Hall–Kier alpha value is -2.28. The highest BCUT2D eigenvalue weighted by Gasteiger charge is 2.28. The molecule has 2 aromatic carbocycles. The molecule has 0 bridgehead atoms. The fourth-order valence-corrected chi connectivity index (χ4v) is 3.00. The van der Waals surface area contributed by atoms with Crippen LogP contribution < -0.4 is 0 Å². The van der Waals surface area contributed by atoms with Crippen LogP contribution in [-0.4, -0.2) is 36.0 Å². The van der Waals surface area contributed by atoms with Gasteiger partial charge in [0, 0.05) is 0 Å². The fourth-order valence-electron chi connectivity index (χ4n) is 1.87. The third-order valence-electron chi connectivity index (χ3n) is 2.78. The van der Waals surface area contributed by atoms with E-state index in [1.165, 1.54) is 0 Å². The van der Waals surface area contributed by atoms with E-state index in [2.05, 4.69) is 0 Å². The van der Waals surface area contributed by atoms with Gasteiger partial charge >= 0.3 is 5.69 Å². The largest absolute Gasteiger partial charge is 0.501 e.